The number of hydrogen-bond acceptors (Lipinski definition) is 2. The van der Waals surface area contributed by atoms with Crippen LogP contribution in [0.4, 0.5) is 0 Å². The van der Waals surface area contributed by atoms with Gasteiger partial charge in [-0.05, 0) is 6.92 Å². The number of methoxy groups -OCH3 is 1. The van der Waals surface area contributed by atoms with E-state index in [-0.39, 0.29) is 11.5 Å². The predicted molar refractivity (Wildman–Crippen MR) is 47.5 cm³/mol. The molecule has 0 amide bonds. The molecule has 0 bridgehead atoms. The minimum absolute atomic E-state index is 0.0741. The quantitative estimate of drug-likeness (QED) is 0.621. The van der Waals surface area contributed by atoms with Crippen molar-refractivity contribution in [1.29, 1.82) is 0 Å². The third-order valence-electron chi connectivity index (χ3n) is 2.59. The molecule has 0 saturated carbocycles. The molecule has 0 spiro atoms. The van der Waals surface area contributed by atoms with E-state index in [0.717, 1.165) is 0 Å². The Morgan fingerprint density at radius 3 is 2.83 bits per heavy atom. The summed E-state index contributed by atoms with van der Waals surface area (Å²) in [6.07, 6.45) is 7.49. The van der Waals surface area contributed by atoms with E-state index >= 15 is 0 Å². The molecule has 0 fully saturated rings. The Bertz CT molecular complexity index is 240. The van der Waals surface area contributed by atoms with Crippen LogP contribution in [0.3, 0.4) is 0 Å². The lowest BCUT2D eigenvalue weighted by atomic mass is 9.81. The van der Waals surface area contributed by atoms with Gasteiger partial charge in [0.25, 0.3) is 0 Å². The maximum absolute atomic E-state index is 10.5. The van der Waals surface area contributed by atoms with Crippen molar-refractivity contribution < 1.29 is 9.53 Å². The highest BCUT2D eigenvalue weighted by Crippen LogP contribution is 2.30. The molecule has 0 aromatic carbocycles. The van der Waals surface area contributed by atoms with Crippen LogP contribution in [0.2, 0.25) is 0 Å². The smallest absolute Gasteiger partial charge is 0.229 e. The normalized spacial score (nSPS) is 34.6. The average molecular weight is 165 g/mol. The van der Waals surface area contributed by atoms with Crippen LogP contribution in [0.25, 0.3) is 0 Å². The van der Waals surface area contributed by atoms with E-state index in [1.807, 2.05) is 32.3 Å². The van der Waals surface area contributed by atoms with Gasteiger partial charge >= 0.3 is 0 Å². The Balaban J connectivity index is 2.94. The molecule has 1 aliphatic rings. The van der Waals surface area contributed by atoms with Gasteiger partial charge in [0.2, 0.25) is 6.29 Å². The Kier molecular flexibility index (Phi) is 2.48. The molecule has 0 aromatic heterocycles. The summed E-state index contributed by atoms with van der Waals surface area (Å²) >= 11 is 0. The Hall–Kier alpha value is -0.890. The summed E-state index contributed by atoms with van der Waals surface area (Å²) in [5.74, 6) is 0.0741. The second kappa shape index (κ2) is 3.23. The molecule has 65 valence electrons. The van der Waals surface area contributed by atoms with Crippen LogP contribution >= 0.6 is 0 Å². The second-order valence-electron chi connectivity index (χ2n) is 3.19. The van der Waals surface area contributed by atoms with Gasteiger partial charge in [0.15, 0.2) is 0 Å². The summed E-state index contributed by atoms with van der Waals surface area (Å²) in [7, 11) is 1.65. The molecule has 1 aliphatic carbocycles. The van der Waals surface area contributed by atoms with Crippen LogP contribution in [0.15, 0.2) is 23.8 Å². The van der Waals surface area contributed by atoms with Gasteiger partial charge < -0.3 is 4.74 Å². The SMILES string of the molecule is COC1(C)C=CC=C([C]=O)C1C. The van der Waals surface area contributed by atoms with Crippen LogP contribution in [0.5, 0.6) is 0 Å². The largest absolute Gasteiger partial charge is 0.374 e. The number of allylic oxidation sites excluding steroid dienone is 2. The first-order valence-electron chi connectivity index (χ1n) is 3.97. The van der Waals surface area contributed by atoms with Gasteiger partial charge in [-0.2, -0.15) is 0 Å². The van der Waals surface area contributed by atoms with Crippen LogP contribution in [-0.4, -0.2) is 19.0 Å². The highest BCUT2D eigenvalue weighted by atomic mass is 16.5. The van der Waals surface area contributed by atoms with Gasteiger partial charge in [-0.1, -0.05) is 25.2 Å². The summed E-state index contributed by atoms with van der Waals surface area (Å²) < 4.78 is 5.32. The summed E-state index contributed by atoms with van der Waals surface area (Å²) in [5, 5.41) is 0. The topological polar surface area (TPSA) is 26.3 Å². The lowest BCUT2D eigenvalue weighted by molar-refractivity contribution is 0.0162. The van der Waals surface area contributed by atoms with Crippen molar-refractivity contribution in [2.75, 3.05) is 7.11 Å². The van der Waals surface area contributed by atoms with Crippen LogP contribution in [0.1, 0.15) is 13.8 Å². The molecule has 0 aromatic rings. The maximum atomic E-state index is 10.5. The molecule has 2 nitrogen and oxygen atoms in total. The number of hydrogen-bond donors (Lipinski definition) is 0. The number of rotatable bonds is 2. The van der Waals surface area contributed by atoms with Crippen molar-refractivity contribution in [2.45, 2.75) is 19.4 Å². The Morgan fingerprint density at radius 1 is 1.67 bits per heavy atom. The van der Waals surface area contributed by atoms with Crippen LogP contribution in [0, 0.1) is 5.92 Å². The van der Waals surface area contributed by atoms with E-state index in [9.17, 15) is 4.79 Å². The van der Waals surface area contributed by atoms with Crippen molar-refractivity contribution in [2.24, 2.45) is 5.92 Å². The lowest BCUT2D eigenvalue weighted by Crippen LogP contribution is -2.35. The molecule has 0 aliphatic heterocycles. The molecule has 0 saturated heterocycles. The molecule has 2 heteroatoms. The molecule has 1 radical (unpaired) electrons. The van der Waals surface area contributed by atoms with E-state index in [2.05, 4.69) is 0 Å². The van der Waals surface area contributed by atoms with Crippen molar-refractivity contribution in [3.8, 4) is 0 Å². The van der Waals surface area contributed by atoms with Crippen molar-refractivity contribution in [1.82, 2.24) is 0 Å². The van der Waals surface area contributed by atoms with Gasteiger partial charge in [-0.15, -0.1) is 0 Å². The molecule has 0 heterocycles. The second-order valence-corrected chi connectivity index (χ2v) is 3.19. The van der Waals surface area contributed by atoms with E-state index in [4.69, 9.17) is 4.74 Å². The average Bonchev–Trinajstić information content (AvgIpc) is 2.10. The first-order valence-corrected chi connectivity index (χ1v) is 3.97. The molecule has 2 atom stereocenters. The first kappa shape index (κ1) is 9.20. The van der Waals surface area contributed by atoms with Crippen molar-refractivity contribution in [3.05, 3.63) is 23.8 Å². The van der Waals surface area contributed by atoms with E-state index in [1.54, 1.807) is 13.2 Å². The summed E-state index contributed by atoms with van der Waals surface area (Å²) in [6, 6.07) is 0. The summed E-state index contributed by atoms with van der Waals surface area (Å²) in [5.41, 5.74) is 0.309. The maximum Gasteiger partial charge on any atom is 0.229 e. The van der Waals surface area contributed by atoms with E-state index in [1.165, 1.54) is 0 Å². The molecular formula is C10H13O2. The Morgan fingerprint density at radius 2 is 2.33 bits per heavy atom. The zero-order valence-electron chi connectivity index (χ0n) is 7.63. The lowest BCUT2D eigenvalue weighted by Gasteiger charge is -2.33. The fourth-order valence-electron chi connectivity index (χ4n) is 1.31. The molecule has 0 N–H and O–H groups in total. The van der Waals surface area contributed by atoms with E-state index in [0.29, 0.717) is 5.57 Å². The van der Waals surface area contributed by atoms with Gasteiger partial charge in [0.1, 0.15) is 0 Å². The number of carbonyl (C=O) groups excluding carboxylic acids is 1. The summed E-state index contributed by atoms with van der Waals surface area (Å²) in [4.78, 5) is 10.5. The van der Waals surface area contributed by atoms with Crippen LogP contribution in [-0.2, 0) is 9.53 Å². The predicted octanol–water partition coefficient (Wildman–Crippen LogP) is 1.63. The number of ether oxygens (including phenoxy) is 1. The van der Waals surface area contributed by atoms with Gasteiger partial charge in [0, 0.05) is 18.6 Å². The monoisotopic (exact) mass is 165 g/mol. The van der Waals surface area contributed by atoms with Gasteiger partial charge in [0.05, 0.1) is 5.60 Å². The third kappa shape index (κ3) is 1.34. The molecule has 2 unspecified atom stereocenters. The zero-order valence-corrected chi connectivity index (χ0v) is 7.63. The third-order valence-corrected chi connectivity index (χ3v) is 2.59. The minimum Gasteiger partial charge on any atom is -0.374 e. The molecule has 1 rings (SSSR count). The Labute approximate surface area is 72.9 Å². The molecular weight excluding hydrogens is 152 g/mol. The standard InChI is InChI=1S/C10H13O2/c1-8-9(7-11)5-4-6-10(8,2)12-3/h4-6,8H,1-3H3. The summed E-state index contributed by atoms with van der Waals surface area (Å²) in [6.45, 7) is 3.92. The van der Waals surface area contributed by atoms with Gasteiger partial charge in [-0.3, -0.25) is 4.79 Å². The van der Waals surface area contributed by atoms with Crippen LogP contribution < -0.4 is 0 Å². The van der Waals surface area contributed by atoms with Crippen molar-refractivity contribution in [3.63, 3.8) is 0 Å². The first-order chi connectivity index (χ1) is 5.64. The highest BCUT2D eigenvalue weighted by molar-refractivity contribution is 5.76. The molecule has 12 heavy (non-hydrogen) atoms. The highest BCUT2D eigenvalue weighted by Gasteiger charge is 2.32. The fraction of sp³-hybridized carbons (Fsp3) is 0.500. The fourth-order valence-corrected chi connectivity index (χ4v) is 1.31. The minimum atomic E-state index is -0.360. The van der Waals surface area contributed by atoms with Crippen molar-refractivity contribution >= 4 is 6.29 Å². The van der Waals surface area contributed by atoms with E-state index < -0.39 is 0 Å². The van der Waals surface area contributed by atoms with Gasteiger partial charge in [-0.25, -0.2) is 0 Å². The zero-order chi connectivity index (χ0) is 9.19.